The first-order valence-electron chi connectivity index (χ1n) is 6.69. The summed E-state index contributed by atoms with van der Waals surface area (Å²) in [6.07, 6.45) is 1.50. The van der Waals surface area contributed by atoms with Gasteiger partial charge in [0.15, 0.2) is 11.8 Å². The van der Waals surface area contributed by atoms with E-state index in [0.29, 0.717) is 11.3 Å². The highest BCUT2D eigenvalue weighted by atomic mass is 35.5. The summed E-state index contributed by atoms with van der Waals surface area (Å²) >= 11 is 5.82. The van der Waals surface area contributed by atoms with E-state index in [4.69, 9.17) is 20.8 Å². The van der Waals surface area contributed by atoms with Crippen molar-refractivity contribution in [3.8, 4) is 0 Å². The first-order valence-corrected chi connectivity index (χ1v) is 7.07. The Balaban J connectivity index is 1.60. The number of nitrogens with one attached hydrogen (secondary N) is 1. The van der Waals surface area contributed by atoms with Gasteiger partial charge in [0, 0.05) is 11.6 Å². The van der Waals surface area contributed by atoms with Crippen molar-refractivity contribution in [3.63, 3.8) is 0 Å². The maximum Gasteiger partial charge on any atom is 0.374 e. The van der Waals surface area contributed by atoms with E-state index in [1.54, 1.807) is 30.3 Å². The number of anilines is 1. The van der Waals surface area contributed by atoms with E-state index < -0.39 is 18.5 Å². The van der Waals surface area contributed by atoms with E-state index >= 15 is 0 Å². The molecule has 0 spiro atoms. The topological polar surface area (TPSA) is 81.4 Å². The molecule has 0 saturated carbocycles. The molecule has 0 aliphatic carbocycles. The molecular weight excluding hydrogens is 320 g/mol. The predicted octanol–water partition coefficient (Wildman–Crippen LogP) is 3.28. The number of carbonyl (C=O) groups excluding carboxylic acids is 2. The van der Waals surface area contributed by atoms with Crippen molar-refractivity contribution in [1.82, 2.24) is 4.98 Å². The molecule has 3 aromatic rings. The fraction of sp³-hybridized carbons (Fsp3) is 0.0625. The van der Waals surface area contributed by atoms with Crippen LogP contribution < -0.4 is 5.32 Å². The van der Waals surface area contributed by atoms with Gasteiger partial charge in [0.2, 0.25) is 5.76 Å². The molecule has 2 aromatic heterocycles. The van der Waals surface area contributed by atoms with Crippen LogP contribution >= 0.6 is 11.6 Å². The number of esters is 1. The lowest BCUT2D eigenvalue weighted by molar-refractivity contribution is -0.119. The molecule has 0 atom stereocenters. The highest BCUT2D eigenvalue weighted by Crippen LogP contribution is 2.20. The summed E-state index contributed by atoms with van der Waals surface area (Å²) in [7, 11) is 0. The molecule has 0 aliphatic heterocycles. The molecule has 0 bridgehead atoms. The minimum atomic E-state index is -0.714. The number of nitrogens with zero attached hydrogens (tertiary/aromatic N) is 1. The van der Waals surface area contributed by atoms with Crippen LogP contribution in [0.1, 0.15) is 10.6 Å². The van der Waals surface area contributed by atoms with Crippen LogP contribution in [-0.4, -0.2) is 23.5 Å². The highest BCUT2D eigenvalue weighted by Gasteiger charge is 2.15. The fourth-order valence-electron chi connectivity index (χ4n) is 1.95. The molecule has 3 rings (SSSR count). The standard InChI is InChI=1S/C16H11ClN2O4/c17-15-11(5-3-7-18-15)19-14(20)9-22-16(21)13-8-10-4-1-2-6-12(10)23-13/h1-8H,9H2,(H,19,20). The van der Waals surface area contributed by atoms with Crippen molar-refractivity contribution in [1.29, 1.82) is 0 Å². The minimum absolute atomic E-state index is 0.0402. The summed E-state index contributed by atoms with van der Waals surface area (Å²) in [5.41, 5.74) is 0.921. The predicted molar refractivity (Wildman–Crippen MR) is 84.4 cm³/mol. The van der Waals surface area contributed by atoms with Crippen LogP contribution in [0.25, 0.3) is 11.0 Å². The summed E-state index contributed by atoms with van der Waals surface area (Å²) in [4.78, 5) is 27.5. The number of rotatable bonds is 4. The number of hydrogen-bond donors (Lipinski definition) is 1. The number of amides is 1. The van der Waals surface area contributed by atoms with Crippen molar-refractivity contribution in [2.75, 3.05) is 11.9 Å². The molecule has 2 heterocycles. The molecular formula is C16H11ClN2O4. The van der Waals surface area contributed by atoms with Gasteiger partial charge in [-0.25, -0.2) is 9.78 Å². The molecule has 0 aliphatic rings. The number of furan rings is 1. The number of para-hydroxylation sites is 1. The number of aromatic nitrogens is 1. The Morgan fingerprint density at radius 1 is 1.22 bits per heavy atom. The number of carbonyl (C=O) groups is 2. The van der Waals surface area contributed by atoms with Gasteiger partial charge in [-0.3, -0.25) is 4.79 Å². The molecule has 1 amide bonds. The number of benzene rings is 1. The molecule has 0 fully saturated rings. The van der Waals surface area contributed by atoms with Gasteiger partial charge in [-0.1, -0.05) is 29.8 Å². The Hall–Kier alpha value is -2.86. The number of pyridine rings is 1. The Labute approximate surface area is 136 Å². The van der Waals surface area contributed by atoms with E-state index in [0.717, 1.165) is 5.39 Å². The number of halogens is 1. The van der Waals surface area contributed by atoms with Gasteiger partial charge in [0.1, 0.15) is 5.58 Å². The van der Waals surface area contributed by atoms with E-state index in [-0.39, 0.29) is 10.9 Å². The zero-order valence-electron chi connectivity index (χ0n) is 11.8. The molecule has 0 unspecified atom stereocenters. The quantitative estimate of drug-likeness (QED) is 0.586. The Morgan fingerprint density at radius 2 is 2.04 bits per heavy atom. The molecule has 1 aromatic carbocycles. The number of ether oxygens (including phenoxy) is 1. The van der Waals surface area contributed by atoms with Gasteiger partial charge in [-0.2, -0.15) is 0 Å². The van der Waals surface area contributed by atoms with Crippen molar-refractivity contribution in [3.05, 3.63) is 59.6 Å². The SMILES string of the molecule is O=C(COC(=O)c1cc2ccccc2o1)Nc1cccnc1Cl. The second-order valence-corrected chi connectivity index (χ2v) is 4.97. The van der Waals surface area contributed by atoms with Crippen LogP contribution in [0, 0.1) is 0 Å². The summed E-state index contributed by atoms with van der Waals surface area (Å²) in [6.45, 7) is -0.457. The van der Waals surface area contributed by atoms with Crippen LogP contribution in [0.15, 0.2) is 53.1 Å². The van der Waals surface area contributed by atoms with Gasteiger partial charge >= 0.3 is 5.97 Å². The summed E-state index contributed by atoms with van der Waals surface area (Å²) in [5.74, 6) is -1.20. The zero-order chi connectivity index (χ0) is 16.2. The van der Waals surface area contributed by atoms with Crippen LogP contribution in [-0.2, 0) is 9.53 Å². The van der Waals surface area contributed by atoms with Crippen LogP contribution in [0.4, 0.5) is 5.69 Å². The second kappa shape index (κ2) is 6.50. The lowest BCUT2D eigenvalue weighted by Crippen LogP contribution is -2.21. The van der Waals surface area contributed by atoms with Gasteiger partial charge in [-0.15, -0.1) is 0 Å². The fourth-order valence-corrected chi connectivity index (χ4v) is 2.12. The summed E-state index contributed by atoms with van der Waals surface area (Å²) in [6, 6.07) is 12.0. The lowest BCUT2D eigenvalue weighted by atomic mass is 10.2. The van der Waals surface area contributed by atoms with Gasteiger partial charge < -0.3 is 14.5 Å². The molecule has 116 valence electrons. The van der Waals surface area contributed by atoms with E-state index in [9.17, 15) is 9.59 Å². The van der Waals surface area contributed by atoms with E-state index in [2.05, 4.69) is 10.3 Å². The smallest absolute Gasteiger partial charge is 0.374 e. The first-order chi connectivity index (χ1) is 11.1. The molecule has 23 heavy (non-hydrogen) atoms. The van der Waals surface area contributed by atoms with Crippen molar-refractivity contribution < 1.29 is 18.7 Å². The van der Waals surface area contributed by atoms with Gasteiger partial charge in [0.25, 0.3) is 5.91 Å². The maximum atomic E-state index is 11.9. The van der Waals surface area contributed by atoms with Crippen LogP contribution in [0.5, 0.6) is 0 Å². The molecule has 1 N–H and O–H groups in total. The highest BCUT2D eigenvalue weighted by molar-refractivity contribution is 6.32. The lowest BCUT2D eigenvalue weighted by Gasteiger charge is -2.06. The van der Waals surface area contributed by atoms with Crippen LogP contribution in [0.3, 0.4) is 0 Å². The largest absolute Gasteiger partial charge is 0.450 e. The average molecular weight is 331 g/mol. The summed E-state index contributed by atoms with van der Waals surface area (Å²) in [5, 5.41) is 3.44. The molecule has 6 nitrogen and oxygen atoms in total. The number of fused-ring (bicyclic) bond motifs is 1. The third-order valence-electron chi connectivity index (χ3n) is 2.99. The number of hydrogen-bond acceptors (Lipinski definition) is 5. The van der Waals surface area contributed by atoms with Gasteiger partial charge in [-0.05, 0) is 24.3 Å². The van der Waals surface area contributed by atoms with Gasteiger partial charge in [0.05, 0.1) is 5.69 Å². The molecule has 7 heteroatoms. The Morgan fingerprint density at radius 3 is 2.83 bits per heavy atom. The Kier molecular flexibility index (Phi) is 4.25. The monoisotopic (exact) mass is 330 g/mol. The molecule has 0 saturated heterocycles. The molecule has 0 radical (unpaired) electrons. The van der Waals surface area contributed by atoms with Crippen molar-refractivity contribution in [2.45, 2.75) is 0 Å². The first kappa shape index (κ1) is 15.1. The van der Waals surface area contributed by atoms with E-state index in [1.807, 2.05) is 12.1 Å². The second-order valence-electron chi connectivity index (χ2n) is 4.61. The summed E-state index contributed by atoms with van der Waals surface area (Å²) < 4.78 is 10.3. The average Bonchev–Trinajstić information content (AvgIpc) is 2.99. The van der Waals surface area contributed by atoms with Crippen molar-refractivity contribution >= 4 is 40.1 Å². The minimum Gasteiger partial charge on any atom is -0.450 e. The maximum absolute atomic E-state index is 11.9. The van der Waals surface area contributed by atoms with E-state index in [1.165, 1.54) is 6.20 Å². The zero-order valence-corrected chi connectivity index (χ0v) is 12.5. The van der Waals surface area contributed by atoms with Crippen molar-refractivity contribution in [2.24, 2.45) is 0 Å². The normalized spacial score (nSPS) is 10.5. The Bertz CT molecular complexity index is 842. The van der Waals surface area contributed by atoms with Crippen LogP contribution in [0.2, 0.25) is 5.15 Å². The third-order valence-corrected chi connectivity index (χ3v) is 3.30. The third kappa shape index (κ3) is 3.49.